The summed E-state index contributed by atoms with van der Waals surface area (Å²) in [5.74, 6) is -0.762. The van der Waals surface area contributed by atoms with E-state index in [1.54, 1.807) is 0 Å². The molecule has 0 aromatic carbocycles. The zero-order chi connectivity index (χ0) is 14.3. The Labute approximate surface area is 124 Å². The number of ether oxygens (including phenoxy) is 2. The zero-order valence-corrected chi connectivity index (χ0v) is 17.6. The van der Waals surface area contributed by atoms with Crippen LogP contribution in [0, 0.1) is 0 Å². The predicted molar refractivity (Wildman–Crippen MR) is 72.0 cm³/mol. The number of carbonyl (C=O) groups excluding carboxylic acids is 2. The standard InChI is InChI=1S/C7H10O5.4CH3.2Sn/c1-4(11-5(2)8)7(10)12-6(3)9;;;;;;/h4,7H,1H2,2-3H3;4*1H3;;/q-1;;;;;;+1. The summed E-state index contributed by atoms with van der Waals surface area (Å²) in [6.07, 6.45) is -1.16. The first-order valence-electron chi connectivity index (χ1n) is 5.82. The Morgan fingerprint density at radius 2 is 1.50 bits per heavy atom. The first-order chi connectivity index (χ1) is 8.22. The molecule has 0 aromatic rings. The van der Waals surface area contributed by atoms with Crippen molar-refractivity contribution < 1.29 is 22.1 Å². The van der Waals surface area contributed by atoms with Crippen molar-refractivity contribution in [2.45, 2.75) is 50.4 Å². The zero-order valence-electron chi connectivity index (χ0n) is 11.9. The van der Waals surface area contributed by atoms with Gasteiger partial charge in [-0.1, -0.05) is 0 Å². The second kappa shape index (κ2) is 9.41. The fourth-order valence-corrected chi connectivity index (χ4v) is 6.36. The molecule has 0 aromatic heterocycles. The van der Waals surface area contributed by atoms with E-state index in [0.717, 1.165) is 4.44 Å². The van der Waals surface area contributed by atoms with E-state index in [0.29, 0.717) is 0 Å². The van der Waals surface area contributed by atoms with Crippen LogP contribution in [0.25, 0.3) is 0 Å². The molecule has 0 amide bonds. The Morgan fingerprint density at radius 3 is 1.83 bits per heavy atom. The number of esters is 2. The quantitative estimate of drug-likeness (QED) is 0.322. The van der Waals surface area contributed by atoms with Crippen LogP contribution in [0.5, 0.6) is 0 Å². The van der Waals surface area contributed by atoms with Crippen LogP contribution in [-0.2, 0) is 22.1 Å². The molecule has 0 spiro atoms. The number of hydrogen-bond donors (Lipinski definition) is 0. The van der Waals surface area contributed by atoms with Crippen molar-refractivity contribution in [3.63, 3.8) is 0 Å². The summed E-state index contributed by atoms with van der Waals surface area (Å²) >= 11 is -3.40. The summed E-state index contributed by atoms with van der Waals surface area (Å²) in [7, 11) is 0. The monoisotopic (exact) mass is 474 g/mol. The molecule has 18 heavy (non-hydrogen) atoms. The molecular weight excluding hydrogens is 450 g/mol. The fourth-order valence-electron chi connectivity index (χ4n) is 1.38. The Morgan fingerprint density at radius 1 is 1.00 bits per heavy atom. The SMILES string of the molecule is CC(=O)OC([CH2][Sn]([CH3])[CH3])C(OC(C)=O)[O][Sn]([CH3])[CH3]. The maximum atomic E-state index is 11.1. The summed E-state index contributed by atoms with van der Waals surface area (Å²) in [4.78, 5) is 30.7. The van der Waals surface area contributed by atoms with Gasteiger partial charge in [-0.2, -0.15) is 0 Å². The van der Waals surface area contributed by atoms with Gasteiger partial charge >= 0.3 is 124 Å². The Hall–Kier alpha value is 0.497. The minimum absolute atomic E-state index is 0.359. The van der Waals surface area contributed by atoms with Gasteiger partial charge in [-0.3, -0.25) is 0 Å². The van der Waals surface area contributed by atoms with Crippen molar-refractivity contribution in [2.75, 3.05) is 0 Å². The van der Waals surface area contributed by atoms with Gasteiger partial charge in [0.1, 0.15) is 0 Å². The third-order valence-corrected chi connectivity index (χ3v) is 7.35. The molecule has 0 aliphatic heterocycles. The van der Waals surface area contributed by atoms with Crippen LogP contribution in [0.3, 0.4) is 0 Å². The number of hydrogen-bond acceptors (Lipinski definition) is 5. The van der Waals surface area contributed by atoms with Crippen molar-refractivity contribution >= 4 is 51.9 Å². The molecule has 0 aliphatic carbocycles. The van der Waals surface area contributed by atoms with Crippen molar-refractivity contribution in [1.29, 1.82) is 0 Å². The Bertz CT molecular complexity index is 253. The first kappa shape index (κ1) is 18.5. The summed E-state index contributed by atoms with van der Waals surface area (Å²) < 4.78 is 17.0. The maximum absolute atomic E-state index is 11.1. The van der Waals surface area contributed by atoms with Crippen LogP contribution < -0.4 is 0 Å². The van der Waals surface area contributed by atoms with Gasteiger partial charge in [0.2, 0.25) is 0 Å². The third kappa shape index (κ3) is 9.43. The molecule has 0 N–H and O–H groups in total. The second-order valence-corrected chi connectivity index (χ2v) is 18.5. The van der Waals surface area contributed by atoms with Gasteiger partial charge in [0.15, 0.2) is 0 Å². The summed E-state index contributed by atoms with van der Waals surface area (Å²) in [6, 6.07) is 0. The molecule has 5 nitrogen and oxygen atoms in total. The Balaban J connectivity index is 4.79. The molecule has 0 saturated carbocycles. The average molecular weight is 472 g/mol. The molecule has 0 rings (SSSR count). The molecule has 0 bridgehead atoms. The van der Waals surface area contributed by atoms with E-state index in [1.165, 1.54) is 13.8 Å². The summed E-state index contributed by atoms with van der Waals surface area (Å²) in [5, 5.41) is 0. The van der Waals surface area contributed by atoms with Gasteiger partial charge in [0, 0.05) is 0 Å². The van der Waals surface area contributed by atoms with Gasteiger partial charge in [0.25, 0.3) is 0 Å². The molecular formula is C11H22O5Sn2. The molecule has 2 atom stereocenters. The molecule has 2 unspecified atom stereocenters. The normalized spacial score (nSPS) is 14.4. The van der Waals surface area contributed by atoms with Crippen molar-refractivity contribution in [3.8, 4) is 0 Å². The van der Waals surface area contributed by atoms with Crippen molar-refractivity contribution in [2.24, 2.45) is 0 Å². The van der Waals surface area contributed by atoms with Crippen molar-refractivity contribution in [1.82, 2.24) is 0 Å². The topological polar surface area (TPSA) is 61.8 Å². The number of rotatable bonds is 7. The van der Waals surface area contributed by atoms with E-state index < -0.39 is 58.3 Å². The van der Waals surface area contributed by atoms with E-state index in [4.69, 9.17) is 12.5 Å². The predicted octanol–water partition coefficient (Wildman–Crippen LogP) is 1.83. The van der Waals surface area contributed by atoms with Crippen LogP contribution in [0.2, 0.25) is 24.2 Å². The van der Waals surface area contributed by atoms with E-state index in [-0.39, 0.29) is 5.97 Å². The van der Waals surface area contributed by atoms with Gasteiger partial charge in [-0.25, -0.2) is 0 Å². The Kier molecular flexibility index (Phi) is 9.67. The molecule has 0 heterocycles. The second-order valence-electron chi connectivity index (χ2n) is 4.56. The molecule has 104 valence electrons. The van der Waals surface area contributed by atoms with Gasteiger partial charge in [-0.15, -0.1) is 0 Å². The average Bonchev–Trinajstić information content (AvgIpc) is 2.12. The van der Waals surface area contributed by atoms with Crippen LogP contribution in [0.1, 0.15) is 13.8 Å². The summed E-state index contributed by atoms with van der Waals surface area (Å²) in [6.45, 7) is 2.71. The molecule has 0 fully saturated rings. The molecule has 7 heteroatoms. The van der Waals surface area contributed by atoms with Crippen LogP contribution in [-0.4, -0.2) is 64.3 Å². The van der Waals surface area contributed by atoms with Crippen LogP contribution in [0.4, 0.5) is 0 Å². The van der Waals surface area contributed by atoms with Crippen LogP contribution in [0.15, 0.2) is 0 Å². The fraction of sp³-hybridized carbons (Fsp3) is 0.818. The minimum atomic E-state index is -1.91. The summed E-state index contributed by atoms with van der Waals surface area (Å²) in [5.41, 5.74) is 0. The van der Waals surface area contributed by atoms with Crippen molar-refractivity contribution in [3.05, 3.63) is 0 Å². The van der Waals surface area contributed by atoms with E-state index >= 15 is 0 Å². The molecule has 2 radical (unpaired) electrons. The molecule has 0 saturated heterocycles. The van der Waals surface area contributed by atoms with Gasteiger partial charge in [-0.05, 0) is 0 Å². The molecule has 0 aliphatic rings. The first-order valence-corrected chi connectivity index (χ1v) is 20.4. The van der Waals surface area contributed by atoms with Gasteiger partial charge in [0.05, 0.1) is 0 Å². The number of carbonyl (C=O) groups is 2. The van der Waals surface area contributed by atoms with Gasteiger partial charge < -0.3 is 0 Å². The van der Waals surface area contributed by atoms with E-state index in [2.05, 4.69) is 9.88 Å². The van der Waals surface area contributed by atoms with E-state index in [1.807, 2.05) is 9.88 Å². The van der Waals surface area contributed by atoms with Crippen LogP contribution >= 0.6 is 0 Å². The van der Waals surface area contributed by atoms with E-state index in [9.17, 15) is 9.59 Å². The third-order valence-electron chi connectivity index (χ3n) is 1.86.